The summed E-state index contributed by atoms with van der Waals surface area (Å²) in [4.78, 5) is 27.7. The van der Waals surface area contributed by atoms with Crippen molar-refractivity contribution in [3.05, 3.63) is 47.4 Å². The zero-order chi connectivity index (χ0) is 16.4. The first-order valence-electron chi connectivity index (χ1n) is 7.51. The number of aromatic nitrogens is 5. The highest BCUT2D eigenvalue weighted by molar-refractivity contribution is 7.09. The van der Waals surface area contributed by atoms with Gasteiger partial charge in [-0.3, -0.25) is 4.79 Å². The third-order valence-electron chi connectivity index (χ3n) is 3.88. The molecular formula is C15H15N7OS. The molecule has 1 fully saturated rings. The van der Waals surface area contributed by atoms with Crippen LogP contribution in [0.2, 0.25) is 0 Å². The summed E-state index contributed by atoms with van der Waals surface area (Å²) in [5.41, 5.74) is 0. The lowest BCUT2D eigenvalue weighted by atomic mass is 9.99. The highest BCUT2D eigenvalue weighted by Gasteiger charge is 2.33. The summed E-state index contributed by atoms with van der Waals surface area (Å²) >= 11 is 1.64. The summed E-state index contributed by atoms with van der Waals surface area (Å²) < 4.78 is 1.58. The van der Waals surface area contributed by atoms with Crippen LogP contribution >= 0.6 is 11.3 Å². The first-order valence-corrected chi connectivity index (χ1v) is 8.39. The molecule has 8 nitrogen and oxygen atoms in total. The maximum Gasteiger partial charge on any atom is 0.226 e. The molecule has 0 saturated carbocycles. The molecule has 0 spiro atoms. The number of hydrogen-bond acceptors (Lipinski definition) is 7. The van der Waals surface area contributed by atoms with E-state index in [0.717, 1.165) is 10.7 Å². The summed E-state index contributed by atoms with van der Waals surface area (Å²) in [6, 6.07) is 5.85. The minimum atomic E-state index is -0.00486. The minimum Gasteiger partial charge on any atom is -0.355 e. The number of thiophene rings is 1. The summed E-state index contributed by atoms with van der Waals surface area (Å²) in [7, 11) is 0. The lowest BCUT2D eigenvalue weighted by molar-refractivity contribution is -0.125. The van der Waals surface area contributed by atoms with Crippen molar-refractivity contribution in [2.45, 2.75) is 6.54 Å². The molecule has 1 aliphatic rings. The molecule has 1 aliphatic heterocycles. The fraction of sp³-hybridized carbons (Fsp3) is 0.267. The number of anilines is 1. The largest absolute Gasteiger partial charge is 0.355 e. The van der Waals surface area contributed by atoms with Crippen LogP contribution in [0.1, 0.15) is 4.88 Å². The van der Waals surface area contributed by atoms with Crippen LogP contribution in [0.15, 0.2) is 42.6 Å². The Morgan fingerprint density at radius 2 is 2.17 bits per heavy atom. The lowest BCUT2D eigenvalue weighted by Crippen LogP contribution is -2.54. The average Bonchev–Trinajstić information content (AvgIpc) is 3.25. The van der Waals surface area contributed by atoms with Crippen LogP contribution < -0.4 is 10.2 Å². The summed E-state index contributed by atoms with van der Waals surface area (Å²) in [5.74, 6) is 1.53. The highest BCUT2D eigenvalue weighted by Crippen LogP contribution is 2.23. The van der Waals surface area contributed by atoms with Crippen LogP contribution in [0.4, 0.5) is 5.82 Å². The fourth-order valence-electron chi connectivity index (χ4n) is 2.53. The molecule has 0 aliphatic carbocycles. The highest BCUT2D eigenvalue weighted by atomic mass is 32.1. The quantitative estimate of drug-likeness (QED) is 0.741. The Labute approximate surface area is 142 Å². The van der Waals surface area contributed by atoms with E-state index >= 15 is 0 Å². The number of hydrogen-bond donors (Lipinski definition) is 1. The van der Waals surface area contributed by atoms with Crippen LogP contribution in [-0.2, 0) is 11.3 Å². The number of carbonyl (C=O) groups is 1. The Bertz CT molecular complexity index is 812. The lowest BCUT2D eigenvalue weighted by Gasteiger charge is -2.39. The summed E-state index contributed by atoms with van der Waals surface area (Å²) in [6.07, 6.45) is 4.54. The van der Waals surface area contributed by atoms with Crippen molar-refractivity contribution < 1.29 is 4.79 Å². The standard InChI is InChI=1S/C15H15N7OS/c23-15(17-5-12-2-1-3-24-12)11-6-21(7-11)13-4-14(19-9-18-13)22-10-16-8-20-22/h1-4,8-11H,5-7H2,(H,17,23). The number of carbonyl (C=O) groups excluding carboxylic acids is 1. The predicted octanol–water partition coefficient (Wildman–Crippen LogP) is 0.871. The third-order valence-corrected chi connectivity index (χ3v) is 4.76. The first-order chi connectivity index (χ1) is 11.8. The van der Waals surface area contributed by atoms with Gasteiger partial charge in [0.05, 0.1) is 12.5 Å². The van der Waals surface area contributed by atoms with Gasteiger partial charge in [-0.05, 0) is 11.4 Å². The Morgan fingerprint density at radius 3 is 2.92 bits per heavy atom. The van der Waals surface area contributed by atoms with E-state index in [1.54, 1.807) is 22.3 Å². The molecule has 3 aromatic rings. The van der Waals surface area contributed by atoms with E-state index in [2.05, 4.69) is 30.3 Å². The molecule has 1 saturated heterocycles. The van der Waals surface area contributed by atoms with Crippen molar-refractivity contribution in [3.63, 3.8) is 0 Å². The summed E-state index contributed by atoms with van der Waals surface area (Å²) in [5, 5.41) is 9.05. The van der Waals surface area contributed by atoms with Gasteiger partial charge in [0.1, 0.15) is 24.8 Å². The van der Waals surface area contributed by atoms with Crippen LogP contribution in [0.25, 0.3) is 5.82 Å². The maximum absolute atomic E-state index is 12.2. The second kappa shape index (κ2) is 6.36. The van der Waals surface area contributed by atoms with E-state index in [0.29, 0.717) is 25.5 Å². The van der Waals surface area contributed by atoms with E-state index in [1.807, 2.05) is 23.6 Å². The molecule has 0 unspecified atom stereocenters. The molecule has 0 aromatic carbocycles. The van der Waals surface area contributed by atoms with Gasteiger partial charge in [0.15, 0.2) is 5.82 Å². The number of nitrogens with zero attached hydrogens (tertiary/aromatic N) is 6. The second-order valence-corrected chi connectivity index (χ2v) is 6.51. The Morgan fingerprint density at radius 1 is 1.29 bits per heavy atom. The SMILES string of the molecule is O=C(NCc1cccs1)C1CN(c2cc(-n3cncn3)ncn2)C1. The molecule has 4 heterocycles. The Hall–Kier alpha value is -2.81. The van der Waals surface area contributed by atoms with Gasteiger partial charge in [-0.2, -0.15) is 5.10 Å². The van der Waals surface area contributed by atoms with Crippen molar-refractivity contribution in [2.75, 3.05) is 18.0 Å². The van der Waals surface area contributed by atoms with Gasteiger partial charge >= 0.3 is 0 Å². The smallest absolute Gasteiger partial charge is 0.226 e. The van der Waals surface area contributed by atoms with Crippen molar-refractivity contribution in [2.24, 2.45) is 5.92 Å². The topological polar surface area (TPSA) is 88.8 Å². The molecule has 3 aromatic heterocycles. The normalized spacial score (nSPS) is 14.4. The maximum atomic E-state index is 12.2. The molecular weight excluding hydrogens is 326 g/mol. The predicted molar refractivity (Wildman–Crippen MR) is 88.8 cm³/mol. The molecule has 122 valence electrons. The first kappa shape index (κ1) is 14.8. The van der Waals surface area contributed by atoms with Gasteiger partial charge in [-0.15, -0.1) is 11.3 Å². The zero-order valence-electron chi connectivity index (χ0n) is 12.7. The van der Waals surface area contributed by atoms with Gasteiger partial charge in [-0.25, -0.2) is 19.6 Å². The van der Waals surface area contributed by atoms with Gasteiger partial charge in [0.2, 0.25) is 5.91 Å². The van der Waals surface area contributed by atoms with Crippen LogP contribution in [-0.4, -0.2) is 43.7 Å². The second-order valence-electron chi connectivity index (χ2n) is 5.47. The van der Waals surface area contributed by atoms with Crippen molar-refractivity contribution in [1.82, 2.24) is 30.0 Å². The Balaban J connectivity index is 1.34. The Kier molecular flexibility index (Phi) is 3.91. The van der Waals surface area contributed by atoms with Crippen molar-refractivity contribution in [3.8, 4) is 5.82 Å². The van der Waals surface area contributed by atoms with Crippen LogP contribution in [0.5, 0.6) is 0 Å². The molecule has 1 amide bonds. The average molecular weight is 341 g/mol. The molecule has 9 heteroatoms. The van der Waals surface area contributed by atoms with Crippen LogP contribution in [0, 0.1) is 5.92 Å². The van der Waals surface area contributed by atoms with E-state index in [4.69, 9.17) is 0 Å². The molecule has 0 bridgehead atoms. The van der Waals surface area contributed by atoms with Gasteiger partial charge in [0, 0.05) is 24.0 Å². The van der Waals surface area contributed by atoms with E-state index in [9.17, 15) is 4.79 Å². The minimum absolute atomic E-state index is 0.00486. The fourth-order valence-corrected chi connectivity index (χ4v) is 3.17. The van der Waals surface area contributed by atoms with Gasteiger partial charge in [0.25, 0.3) is 0 Å². The molecule has 1 N–H and O–H groups in total. The van der Waals surface area contributed by atoms with Gasteiger partial charge < -0.3 is 10.2 Å². The van der Waals surface area contributed by atoms with Crippen molar-refractivity contribution >= 4 is 23.1 Å². The third kappa shape index (κ3) is 2.98. The van der Waals surface area contributed by atoms with Gasteiger partial charge in [-0.1, -0.05) is 6.07 Å². The van der Waals surface area contributed by atoms with E-state index < -0.39 is 0 Å². The number of nitrogens with one attached hydrogen (secondary N) is 1. The van der Waals surface area contributed by atoms with E-state index in [-0.39, 0.29) is 11.8 Å². The number of amides is 1. The zero-order valence-corrected chi connectivity index (χ0v) is 13.6. The van der Waals surface area contributed by atoms with E-state index in [1.165, 1.54) is 12.7 Å². The molecule has 24 heavy (non-hydrogen) atoms. The summed E-state index contributed by atoms with van der Waals surface area (Å²) in [6.45, 7) is 1.91. The molecule has 0 radical (unpaired) electrons. The number of rotatable bonds is 5. The molecule has 4 rings (SSSR count). The van der Waals surface area contributed by atoms with Crippen molar-refractivity contribution in [1.29, 1.82) is 0 Å². The monoisotopic (exact) mass is 341 g/mol. The molecule has 0 atom stereocenters. The van der Waals surface area contributed by atoms with Crippen LogP contribution in [0.3, 0.4) is 0 Å².